The van der Waals surface area contributed by atoms with Crippen molar-refractivity contribution in [1.29, 1.82) is 0 Å². The highest BCUT2D eigenvalue weighted by Crippen LogP contribution is 2.36. The zero-order valence-electron chi connectivity index (χ0n) is 15.4. The summed E-state index contributed by atoms with van der Waals surface area (Å²) in [6.07, 6.45) is 1.30. The third kappa shape index (κ3) is 2.54. The lowest BCUT2D eigenvalue weighted by Crippen LogP contribution is -2.24. The largest absolute Gasteiger partial charge is 0.277 e. The molecule has 0 spiro atoms. The van der Waals surface area contributed by atoms with E-state index in [2.05, 4.69) is 10.1 Å². The molecule has 3 heterocycles. The van der Waals surface area contributed by atoms with Crippen LogP contribution < -0.4 is 0 Å². The molecule has 0 saturated heterocycles. The van der Waals surface area contributed by atoms with Crippen LogP contribution in [0, 0.1) is 11.6 Å². The Labute approximate surface area is 173 Å². The van der Waals surface area contributed by atoms with Gasteiger partial charge in [-0.3, -0.25) is 14.5 Å². The van der Waals surface area contributed by atoms with E-state index in [9.17, 15) is 18.4 Å². The average Bonchev–Trinajstić information content (AvgIpc) is 3.22. The molecule has 148 valence electrons. The minimum absolute atomic E-state index is 0.162. The van der Waals surface area contributed by atoms with Crippen LogP contribution in [0.5, 0.6) is 0 Å². The summed E-state index contributed by atoms with van der Waals surface area (Å²) < 4.78 is 28.6. The standard InChI is InChI=1S/C21H11ClF2N4O2/c1-27-20(29)13-9-25-19-17(16(13)21(27)30)18(10-2-4-11(22)5-3-10)26-28(19)12-6-7-14(23)15(24)8-12/h2-9H,1H3. The molecule has 1 aliphatic rings. The van der Waals surface area contributed by atoms with E-state index in [-0.39, 0.29) is 22.5 Å². The van der Waals surface area contributed by atoms with Crippen molar-refractivity contribution in [2.24, 2.45) is 0 Å². The Bertz CT molecular complexity index is 1380. The Morgan fingerprint density at radius 2 is 1.70 bits per heavy atom. The molecule has 4 aromatic rings. The number of nitrogens with zero attached hydrogens (tertiary/aromatic N) is 4. The fourth-order valence-corrected chi connectivity index (χ4v) is 3.64. The van der Waals surface area contributed by atoms with Gasteiger partial charge in [0.25, 0.3) is 11.8 Å². The number of pyridine rings is 1. The van der Waals surface area contributed by atoms with Crippen LogP contribution in [0.15, 0.2) is 48.7 Å². The number of rotatable bonds is 2. The van der Waals surface area contributed by atoms with Crippen molar-refractivity contribution >= 4 is 34.4 Å². The van der Waals surface area contributed by atoms with E-state index in [0.29, 0.717) is 21.7 Å². The predicted octanol–water partition coefficient (Wildman–Crippen LogP) is 4.24. The van der Waals surface area contributed by atoms with Gasteiger partial charge in [-0.1, -0.05) is 23.7 Å². The number of aromatic nitrogens is 3. The molecule has 0 atom stereocenters. The van der Waals surface area contributed by atoms with E-state index >= 15 is 0 Å². The summed E-state index contributed by atoms with van der Waals surface area (Å²) in [5, 5.41) is 5.39. The Kier molecular flexibility index (Phi) is 3.94. The van der Waals surface area contributed by atoms with Gasteiger partial charge in [-0.25, -0.2) is 18.4 Å². The first-order chi connectivity index (χ1) is 14.4. The highest BCUT2D eigenvalue weighted by Gasteiger charge is 2.37. The molecule has 5 rings (SSSR count). The smallest absolute Gasteiger partial charge is 0.262 e. The van der Waals surface area contributed by atoms with Crippen LogP contribution in [0.3, 0.4) is 0 Å². The molecular formula is C21H11ClF2N4O2. The maximum Gasteiger partial charge on any atom is 0.262 e. The third-order valence-corrected chi connectivity index (χ3v) is 5.27. The van der Waals surface area contributed by atoms with E-state index < -0.39 is 23.4 Å². The Hall–Kier alpha value is -3.65. The van der Waals surface area contributed by atoms with Crippen LogP contribution in [0.2, 0.25) is 5.02 Å². The number of carbonyl (C=O) groups excluding carboxylic acids is 2. The molecule has 9 heteroatoms. The molecule has 2 aromatic carbocycles. The van der Waals surface area contributed by atoms with Gasteiger partial charge in [-0.05, 0) is 24.3 Å². The second-order valence-electron chi connectivity index (χ2n) is 6.78. The highest BCUT2D eigenvalue weighted by molar-refractivity contribution is 6.30. The highest BCUT2D eigenvalue weighted by atomic mass is 35.5. The van der Waals surface area contributed by atoms with E-state index in [1.54, 1.807) is 24.3 Å². The van der Waals surface area contributed by atoms with Gasteiger partial charge in [-0.15, -0.1) is 0 Å². The summed E-state index contributed by atoms with van der Waals surface area (Å²) in [5.74, 6) is -2.99. The number of benzene rings is 2. The molecule has 1 aliphatic heterocycles. The summed E-state index contributed by atoms with van der Waals surface area (Å²) in [6.45, 7) is 0. The summed E-state index contributed by atoms with van der Waals surface area (Å²) in [4.78, 5) is 30.6. The summed E-state index contributed by atoms with van der Waals surface area (Å²) >= 11 is 5.99. The van der Waals surface area contributed by atoms with Crippen LogP contribution in [-0.2, 0) is 0 Å². The number of amides is 2. The average molecular weight is 425 g/mol. The monoisotopic (exact) mass is 424 g/mol. The van der Waals surface area contributed by atoms with E-state index in [4.69, 9.17) is 11.6 Å². The van der Waals surface area contributed by atoms with Gasteiger partial charge in [0.15, 0.2) is 17.3 Å². The summed E-state index contributed by atoms with van der Waals surface area (Å²) in [5.41, 5.74) is 1.78. The van der Waals surface area contributed by atoms with Crippen molar-refractivity contribution < 1.29 is 18.4 Å². The zero-order valence-corrected chi connectivity index (χ0v) is 16.1. The minimum atomic E-state index is -1.05. The molecular weight excluding hydrogens is 414 g/mol. The fraction of sp³-hybridized carbons (Fsp3) is 0.0476. The fourth-order valence-electron chi connectivity index (χ4n) is 3.52. The molecule has 0 radical (unpaired) electrons. The Balaban J connectivity index is 1.88. The van der Waals surface area contributed by atoms with Crippen molar-refractivity contribution in [2.45, 2.75) is 0 Å². The van der Waals surface area contributed by atoms with Crippen LogP contribution in [-0.4, -0.2) is 38.5 Å². The van der Waals surface area contributed by atoms with Gasteiger partial charge < -0.3 is 0 Å². The molecule has 6 nitrogen and oxygen atoms in total. The molecule has 30 heavy (non-hydrogen) atoms. The summed E-state index contributed by atoms with van der Waals surface area (Å²) in [6, 6.07) is 10.1. The van der Waals surface area contributed by atoms with Crippen molar-refractivity contribution in [3.63, 3.8) is 0 Å². The second kappa shape index (κ2) is 6.43. The Morgan fingerprint density at radius 1 is 0.967 bits per heavy atom. The van der Waals surface area contributed by atoms with Gasteiger partial charge in [0, 0.05) is 29.9 Å². The molecule has 0 N–H and O–H groups in total. The van der Waals surface area contributed by atoms with Crippen molar-refractivity contribution in [1.82, 2.24) is 19.7 Å². The topological polar surface area (TPSA) is 68.1 Å². The molecule has 0 unspecified atom stereocenters. The van der Waals surface area contributed by atoms with E-state index in [1.165, 1.54) is 24.0 Å². The lowest BCUT2D eigenvalue weighted by molar-refractivity contribution is 0.0693. The van der Waals surface area contributed by atoms with Crippen LogP contribution in [0.1, 0.15) is 20.7 Å². The first kappa shape index (κ1) is 18.4. The van der Waals surface area contributed by atoms with Crippen LogP contribution in [0.4, 0.5) is 8.78 Å². The van der Waals surface area contributed by atoms with Crippen molar-refractivity contribution in [2.75, 3.05) is 7.05 Å². The number of hydrogen-bond donors (Lipinski definition) is 0. The predicted molar refractivity (Wildman–Crippen MR) is 106 cm³/mol. The molecule has 0 fully saturated rings. The number of fused-ring (bicyclic) bond motifs is 3. The lowest BCUT2D eigenvalue weighted by Gasteiger charge is -2.04. The zero-order chi connectivity index (χ0) is 21.2. The minimum Gasteiger partial charge on any atom is -0.277 e. The maximum atomic E-state index is 13.9. The van der Waals surface area contributed by atoms with E-state index in [0.717, 1.165) is 17.0 Å². The molecule has 0 aliphatic carbocycles. The molecule has 0 saturated carbocycles. The van der Waals surface area contributed by atoms with Crippen LogP contribution >= 0.6 is 11.6 Å². The summed E-state index contributed by atoms with van der Waals surface area (Å²) in [7, 11) is 1.39. The van der Waals surface area contributed by atoms with Gasteiger partial charge in [0.05, 0.1) is 22.2 Å². The van der Waals surface area contributed by atoms with Gasteiger partial charge in [0.2, 0.25) is 0 Å². The second-order valence-corrected chi connectivity index (χ2v) is 7.22. The number of carbonyl (C=O) groups is 2. The van der Waals surface area contributed by atoms with Crippen LogP contribution in [0.25, 0.3) is 28.0 Å². The molecule has 2 amide bonds. The number of halogens is 3. The molecule has 2 aromatic heterocycles. The normalized spacial score (nSPS) is 13.4. The first-order valence-corrected chi connectivity index (χ1v) is 9.20. The SMILES string of the molecule is CN1C(=O)c2cnc3c(c(-c4ccc(Cl)cc4)nn3-c3ccc(F)c(F)c3)c2C1=O. The third-order valence-electron chi connectivity index (χ3n) is 5.02. The maximum absolute atomic E-state index is 13.9. The van der Waals surface area contributed by atoms with Gasteiger partial charge in [0.1, 0.15) is 5.69 Å². The Morgan fingerprint density at radius 3 is 2.40 bits per heavy atom. The van der Waals surface area contributed by atoms with Gasteiger partial charge in [-0.2, -0.15) is 5.10 Å². The first-order valence-electron chi connectivity index (χ1n) is 8.82. The number of imide groups is 1. The van der Waals surface area contributed by atoms with Crippen molar-refractivity contribution in [3.05, 3.63) is 76.4 Å². The number of hydrogen-bond acceptors (Lipinski definition) is 4. The van der Waals surface area contributed by atoms with E-state index in [1.807, 2.05) is 0 Å². The quantitative estimate of drug-likeness (QED) is 0.451. The molecule has 0 bridgehead atoms. The lowest BCUT2D eigenvalue weighted by atomic mass is 10.0. The van der Waals surface area contributed by atoms with Gasteiger partial charge >= 0.3 is 0 Å². The van der Waals surface area contributed by atoms with Crippen molar-refractivity contribution in [3.8, 4) is 16.9 Å².